The summed E-state index contributed by atoms with van der Waals surface area (Å²) in [6.45, 7) is 5.16. The Hall–Kier alpha value is -0.230. The van der Waals surface area contributed by atoms with Gasteiger partial charge < -0.3 is 15.2 Å². The molecule has 0 bridgehead atoms. The van der Waals surface area contributed by atoms with Crippen molar-refractivity contribution < 1.29 is 8.42 Å². The van der Waals surface area contributed by atoms with Gasteiger partial charge in [-0.1, -0.05) is 23.2 Å². The summed E-state index contributed by atoms with van der Waals surface area (Å²) in [6, 6.07) is 1.82. The first-order valence-corrected chi connectivity index (χ1v) is 11.3. The maximum Gasteiger partial charge on any atom is 0.211 e. The van der Waals surface area contributed by atoms with Gasteiger partial charge in [0.2, 0.25) is 10.0 Å². The van der Waals surface area contributed by atoms with Crippen LogP contribution in [0.15, 0.2) is 11.1 Å². The summed E-state index contributed by atoms with van der Waals surface area (Å²) in [6.07, 6.45) is 2.97. The van der Waals surface area contributed by atoms with Crippen LogP contribution in [0.1, 0.15) is 25.5 Å². The molecule has 1 aromatic rings. The molecule has 11 heteroatoms. The van der Waals surface area contributed by atoms with Crippen molar-refractivity contribution in [1.82, 2.24) is 19.5 Å². The fourth-order valence-corrected chi connectivity index (χ4v) is 4.22. The minimum atomic E-state index is -3.08. The van der Waals surface area contributed by atoms with Crippen LogP contribution >= 0.6 is 47.2 Å². The highest BCUT2D eigenvalue weighted by atomic mass is 127. The van der Waals surface area contributed by atoms with E-state index in [1.54, 1.807) is 4.31 Å². The van der Waals surface area contributed by atoms with E-state index in [1.807, 2.05) is 24.6 Å². The minimum Gasteiger partial charge on any atom is -0.357 e. The molecule has 0 atom stereocenters. The number of hydrogen-bond acceptors (Lipinski definition) is 3. The van der Waals surface area contributed by atoms with Gasteiger partial charge in [-0.05, 0) is 31.7 Å². The van der Waals surface area contributed by atoms with Crippen LogP contribution in [0.25, 0.3) is 0 Å². The number of guanidine groups is 1. The highest BCUT2D eigenvalue weighted by Crippen LogP contribution is 2.25. The minimum absolute atomic E-state index is 0. The fourth-order valence-electron chi connectivity index (χ4n) is 2.93. The molecule has 1 aromatic heterocycles. The normalized spacial score (nSPS) is 16.9. The van der Waals surface area contributed by atoms with E-state index in [2.05, 4.69) is 15.6 Å². The molecule has 0 aliphatic carbocycles. The van der Waals surface area contributed by atoms with Crippen LogP contribution in [-0.4, -0.2) is 55.7 Å². The Bertz CT molecular complexity index is 746. The molecule has 2 heterocycles. The number of nitrogens with one attached hydrogen (secondary N) is 2. The van der Waals surface area contributed by atoms with Crippen LogP contribution in [0, 0.1) is 5.92 Å². The van der Waals surface area contributed by atoms with E-state index in [1.165, 1.54) is 6.26 Å². The quantitative estimate of drug-likeness (QED) is 0.324. The largest absolute Gasteiger partial charge is 0.357 e. The SMILES string of the molecule is CCNC(=NCc1cc(Cl)c(Cl)n1C)NCC1CCN(S(C)(=O)=O)CC1.I. The molecule has 27 heavy (non-hydrogen) atoms. The number of nitrogens with zero attached hydrogens (tertiary/aromatic N) is 3. The molecule has 0 saturated carbocycles. The number of rotatable bonds is 6. The van der Waals surface area contributed by atoms with Gasteiger partial charge in [-0.2, -0.15) is 0 Å². The van der Waals surface area contributed by atoms with Crippen molar-refractivity contribution in [2.75, 3.05) is 32.4 Å². The second-order valence-corrected chi connectivity index (χ2v) is 9.26. The lowest BCUT2D eigenvalue weighted by Gasteiger charge is -2.30. The zero-order valence-corrected chi connectivity index (χ0v) is 20.5. The topological polar surface area (TPSA) is 78.7 Å². The number of aromatic nitrogens is 1. The van der Waals surface area contributed by atoms with E-state index in [9.17, 15) is 8.42 Å². The lowest BCUT2D eigenvalue weighted by atomic mass is 9.98. The first kappa shape index (κ1) is 24.8. The molecule has 1 fully saturated rings. The summed E-state index contributed by atoms with van der Waals surface area (Å²) in [5.41, 5.74) is 0.929. The highest BCUT2D eigenvalue weighted by molar-refractivity contribution is 14.0. The van der Waals surface area contributed by atoms with Crippen molar-refractivity contribution >= 4 is 63.2 Å². The smallest absolute Gasteiger partial charge is 0.211 e. The second kappa shape index (κ2) is 11.1. The molecule has 1 aliphatic rings. The first-order chi connectivity index (χ1) is 12.2. The Kier molecular flexibility index (Phi) is 10.2. The number of sulfonamides is 1. The molecule has 1 saturated heterocycles. The molecule has 0 aromatic carbocycles. The van der Waals surface area contributed by atoms with Gasteiger partial charge in [0.05, 0.1) is 17.8 Å². The van der Waals surface area contributed by atoms with Gasteiger partial charge in [-0.3, -0.25) is 0 Å². The number of hydrogen-bond donors (Lipinski definition) is 2. The lowest BCUT2D eigenvalue weighted by Crippen LogP contribution is -2.44. The van der Waals surface area contributed by atoms with Crippen molar-refractivity contribution in [3.8, 4) is 0 Å². The van der Waals surface area contributed by atoms with Crippen molar-refractivity contribution in [1.29, 1.82) is 0 Å². The lowest BCUT2D eigenvalue weighted by molar-refractivity contribution is 0.275. The Morgan fingerprint density at radius 3 is 2.41 bits per heavy atom. The van der Waals surface area contributed by atoms with Crippen LogP contribution in [-0.2, 0) is 23.6 Å². The van der Waals surface area contributed by atoms with E-state index in [0.29, 0.717) is 35.7 Å². The van der Waals surface area contributed by atoms with E-state index < -0.39 is 10.0 Å². The van der Waals surface area contributed by atoms with E-state index in [0.717, 1.165) is 37.6 Å². The predicted octanol–water partition coefficient (Wildman–Crippen LogP) is 2.68. The van der Waals surface area contributed by atoms with Gasteiger partial charge in [0.1, 0.15) is 5.15 Å². The van der Waals surface area contributed by atoms with Gasteiger partial charge in [0, 0.05) is 38.9 Å². The van der Waals surface area contributed by atoms with Crippen molar-refractivity contribution in [3.05, 3.63) is 21.9 Å². The maximum absolute atomic E-state index is 11.6. The van der Waals surface area contributed by atoms with Crippen molar-refractivity contribution in [2.24, 2.45) is 18.0 Å². The molecule has 0 spiro atoms. The molecule has 0 radical (unpaired) electrons. The van der Waals surface area contributed by atoms with E-state index in [4.69, 9.17) is 23.2 Å². The van der Waals surface area contributed by atoms with E-state index >= 15 is 0 Å². The predicted molar refractivity (Wildman–Crippen MR) is 123 cm³/mol. The summed E-state index contributed by atoms with van der Waals surface area (Å²) >= 11 is 12.1. The third-order valence-corrected chi connectivity index (χ3v) is 6.70. The summed E-state index contributed by atoms with van der Waals surface area (Å²) in [5, 5.41) is 7.60. The van der Waals surface area contributed by atoms with Gasteiger partial charge in [0.15, 0.2) is 5.96 Å². The zero-order chi connectivity index (χ0) is 19.3. The molecule has 7 nitrogen and oxygen atoms in total. The molecular weight excluding hydrogens is 524 g/mol. The summed E-state index contributed by atoms with van der Waals surface area (Å²) in [4.78, 5) is 4.59. The fraction of sp³-hybridized carbons (Fsp3) is 0.688. The van der Waals surface area contributed by atoms with Crippen molar-refractivity contribution in [3.63, 3.8) is 0 Å². The van der Waals surface area contributed by atoms with Crippen LogP contribution in [0.3, 0.4) is 0 Å². The van der Waals surface area contributed by atoms with Crippen molar-refractivity contribution in [2.45, 2.75) is 26.3 Å². The summed E-state index contributed by atoms with van der Waals surface area (Å²) in [5.74, 6) is 1.15. The molecule has 0 amide bonds. The van der Waals surface area contributed by atoms with Crippen LogP contribution in [0.4, 0.5) is 0 Å². The molecular formula is C16H28Cl2IN5O2S. The number of halogens is 3. The van der Waals surface area contributed by atoms with E-state index in [-0.39, 0.29) is 24.0 Å². The molecule has 2 rings (SSSR count). The Morgan fingerprint density at radius 1 is 1.30 bits per heavy atom. The van der Waals surface area contributed by atoms with Crippen LogP contribution < -0.4 is 10.6 Å². The molecule has 1 aliphatic heterocycles. The van der Waals surface area contributed by atoms with Gasteiger partial charge in [-0.25, -0.2) is 17.7 Å². The average Bonchev–Trinajstić information content (AvgIpc) is 2.84. The first-order valence-electron chi connectivity index (χ1n) is 8.69. The van der Waals surface area contributed by atoms with Gasteiger partial charge in [0.25, 0.3) is 0 Å². The number of aliphatic imine (C=N–C) groups is 1. The highest BCUT2D eigenvalue weighted by Gasteiger charge is 2.24. The summed E-state index contributed by atoms with van der Waals surface area (Å²) < 4.78 is 26.5. The maximum atomic E-state index is 11.6. The third-order valence-electron chi connectivity index (χ3n) is 4.56. The van der Waals surface area contributed by atoms with Crippen LogP contribution in [0.2, 0.25) is 10.2 Å². The monoisotopic (exact) mass is 551 g/mol. The Labute approximate surface area is 188 Å². The standard InChI is InChI=1S/C16H27Cl2N5O2S.HI/c1-4-19-16(21-11-13-9-14(17)15(18)22(13)2)20-10-12-5-7-23(8-6-12)26(3,24)25;/h9,12H,4-8,10-11H2,1-3H3,(H2,19,20,21);1H. The molecule has 2 N–H and O–H groups in total. The summed E-state index contributed by atoms with van der Waals surface area (Å²) in [7, 11) is -1.22. The Balaban J connectivity index is 0.00000364. The second-order valence-electron chi connectivity index (χ2n) is 6.51. The zero-order valence-electron chi connectivity index (χ0n) is 15.8. The van der Waals surface area contributed by atoms with Gasteiger partial charge in [-0.15, -0.1) is 24.0 Å². The Morgan fingerprint density at radius 2 is 1.93 bits per heavy atom. The van der Waals surface area contributed by atoms with Gasteiger partial charge >= 0.3 is 0 Å². The number of piperidine rings is 1. The van der Waals surface area contributed by atoms with Crippen LogP contribution in [0.5, 0.6) is 0 Å². The molecule has 156 valence electrons. The average molecular weight is 552 g/mol. The third kappa shape index (κ3) is 7.26. The molecule has 0 unspecified atom stereocenters.